The van der Waals surface area contributed by atoms with E-state index in [1.165, 1.54) is 5.56 Å². The third-order valence-electron chi connectivity index (χ3n) is 7.72. The molecule has 6 aromatic rings. The third-order valence-corrected chi connectivity index (χ3v) is 7.72. The minimum absolute atomic E-state index is 0.0596. The fourth-order valence-electron chi connectivity index (χ4n) is 5.90. The maximum Gasteiger partial charge on any atom is 0.307 e. The van der Waals surface area contributed by atoms with Crippen LogP contribution in [0.3, 0.4) is 0 Å². The van der Waals surface area contributed by atoms with Crippen LogP contribution in [0.4, 0.5) is 0 Å². The first kappa shape index (κ1) is 31.2. The van der Waals surface area contributed by atoms with Crippen molar-refractivity contribution in [1.82, 2.24) is 14.8 Å². The molecule has 0 fully saturated rings. The van der Waals surface area contributed by atoms with Gasteiger partial charge in [-0.05, 0) is 108 Å². The number of pyridine rings is 1. The first-order valence-electron chi connectivity index (χ1n) is 14.8. The van der Waals surface area contributed by atoms with Crippen LogP contribution >= 0.6 is 0 Å². The number of hydrogen-bond acceptors (Lipinski definition) is 5. The van der Waals surface area contributed by atoms with Crippen LogP contribution in [-0.2, 0) is 24.7 Å². The Kier molecular flexibility index (Phi) is 8.63. The van der Waals surface area contributed by atoms with Gasteiger partial charge in [0, 0.05) is 36.0 Å². The van der Waals surface area contributed by atoms with E-state index in [2.05, 4.69) is 66.5 Å². The zero-order chi connectivity index (χ0) is 32.5. The summed E-state index contributed by atoms with van der Waals surface area (Å²) < 4.78 is 7.82. The number of carbonyl (C=O) groups is 1. The van der Waals surface area contributed by atoms with Crippen molar-refractivity contribution < 1.29 is 19.7 Å². The maximum atomic E-state index is 12.0. The number of aromatic nitrogens is 3. The van der Waals surface area contributed by atoms with Gasteiger partial charge in [-0.3, -0.25) is 14.5 Å². The van der Waals surface area contributed by atoms with Crippen molar-refractivity contribution in [2.75, 3.05) is 6.61 Å². The second-order valence-corrected chi connectivity index (χ2v) is 12.2. The molecule has 0 unspecified atom stereocenters. The monoisotopic (exact) mass is 599 g/mol. The number of rotatable bonds is 4. The van der Waals surface area contributed by atoms with E-state index in [0.29, 0.717) is 6.61 Å². The Morgan fingerprint density at radius 3 is 2.40 bits per heavy atom. The average molecular weight is 600 g/mol. The summed E-state index contributed by atoms with van der Waals surface area (Å²) in [5, 5.41) is 26.9. The molecular weight excluding hydrogens is 562 g/mol. The number of hydrogen-bond donors (Lipinski definition) is 2. The Morgan fingerprint density at radius 1 is 1.00 bits per heavy atom. The molecule has 0 radical (unpaired) electrons. The van der Waals surface area contributed by atoms with Gasteiger partial charge in [-0.15, -0.1) is 12.8 Å². The molecule has 0 saturated carbocycles. The van der Waals surface area contributed by atoms with E-state index in [1.807, 2.05) is 43.2 Å². The van der Waals surface area contributed by atoms with Crippen molar-refractivity contribution in [2.45, 2.75) is 46.1 Å². The number of aryl methyl sites for hydroxylation is 2. The molecule has 228 valence electrons. The lowest BCUT2D eigenvalue weighted by Gasteiger charge is -2.22. The number of nitrogens with zero attached hydrogens (tertiary/aromatic N) is 3. The van der Waals surface area contributed by atoms with Crippen LogP contribution in [0.1, 0.15) is 37.5 Å². The molecule has 0 saturated heterocycles. The van der Waals surface area contributed by atoms with Crippen LogP contribution < -0.4 is 4.74 Å². The maximum absolute atomic E-state index is 12.0. The Morgan fingerprint density at radius 2 is 1.69 bits per heavy atom. The molecule has 3 heterocycles. The molecule has 0 atom stereocenters. The van der Waals surface area contributed by atoms with Crippen LogP contribution in [0.15, 0.2) is 73.1 Å². The van der Waals surface area contributed by atoms with E-state index >= 15 is 0 Å². The van der Waals surface area contributed by atoms with Gasteiger partial charge >= 0.3 is 5.97 Å². The van der Waals surface area contributed by atoms with Crippen molar-refractivity contribution in [3.63, 3.8) is 0 Å². The molecular formula is C38H37N3O4. The average Bonchev–Trinajstić information content (AvgIpc) is 3.38. The van der Waals surface area contributed by atoms with E-state index in [-0.39, 0.29) is 6.42 Å². The SMILES string of the molecule is C#C.CC(C)(C)O.Cc1cc2cc(-c3ccc4c(cnn4C)c3)ccc2c(-c2ccc3c4c(ccnc24)CCO3)c1CC(=O)O. The summed E-state index contributed by atoms with van der Waals surface area (Å²) in [4.78, 5) is 16.8. The van der Waals surface area contributed by atoms with Gasteiger partial charge in [-0.1, -0.05) is 24.3 Å². The van der Waals surface area contributed by atoms with E-state index in [9.17, 15) is 9.90 Å². The second kappa shape index (κ2) is 12.4. The van der Waals surface area contributed by atoms with Crippen LogP contribution in [0.25, 0.3) is 54.8 Å². The van der Waals surface area contributed by atoms with Gasteiger partial charge in [0.15, 0.2) is 0 Å². The predicted octanol–water partition coefficient (Wildman–Crippen LogP) is 7.51. The third kappa shape index (κ3) is 6.38. The fraction of sp³-hybridized carbons (Fsp3) is 0.237. The number of aliphatic hydroxyl groups is 1. The van der Waals surface area contributed by atoms with Crippen molar-refractivity contribution in [2.24, 2.45) is 7.05 Å². The van der Waals surface area contributed by atoms with Gasteiger partial charge in [0.1, 0.15) is 5.75 Å². The standard InChI is InChI=1S/C32H25N3O3.C4H10O.C2H2/c1-18-13-22-14-20(21-4-7-27-23(15-21)17-34-35(27)2)3-5-24(22)31(26(18)16-29(36)37)25-6-8-28-30-19(10-12-38-28)9-11-33-32(25)30;1-4(2,3)5;1-2/h3-9,11,13-15,17H,10,12,16H2,1-2H3,(H,36,37);5H,1-3H3;1-2H. The van der Waals surface area contributed by atoms with Crippen molar-refractivity contribution in [3.8, 4) is 40.9 Å². The number of ether oxygens (including phenoxy) is 1. The van der Waals surface area contributed by atoms with E-state index in [1.54, 1.807) is 20.8 Å². The molecule has 2 N–H and O–H groups in total. The van der Waals surface area contributed by atoms with Gasteiger partial charge in [0.05, 0.1) is 35.9 Å². The Bertz CT molecular complexity index is 2070. The van der Waals surface area contributed by atoms with Crippen molar-refractivity contribution in [1.29, 1.82) is 0 Å². The molecule has 7 nitrogen and oxygen atoms in total. The molecule has 0 spiro atoms. The number of carboxylic acids is 1. The zero-order valence-electron chi connectivity index (χ0n) is 26.3. The Labute approximate surface area is 263 Å². The topological polar surface area (TPSA) is 97.5 Å². The lowest BCUT2D eigenvalue weighted by atomic mass is 9.86. The summed E-state index contributed by atoms with van der Waals surface area (Å²) in [5.41, 5.74) is 8.49. The summed E-state index contributed by atoms with van der Waals surface area (Å²) in [6.45, 7) is 7.88. The summed E-state index contributed by atoms with van der Waals surface area (Å²) >= 11 is 0. The first-order chi connectivity index (χ1) is 21.5. The Balaban J connectivity index is 0.000000523. The number of fused-ring (bicyclic) bond motifs is 2. The minimum atomic E-state index is -0.853. The van der Waals surface area contributed by atoms with Gasteiger partial charge in [0.2, 0.25) is 0 Å². The molecule has 0 aliphatic carbocycles. The molecule has 7 rings (SSSR count). The molecule has 1 aliphatic heterocycles. The van der Waals surface area contributed by atoms with Gasteiger partial charge in [0.25, 0.3) is 0 Å². The molecule has 45 heavy (non-hydrogen) atoms. The summed E-state index contributed by atoms with van der Waals surface area (Å²) in [5.74, 6) is -0.0166. The summed E-state index contributed by atoms with van der Waals surface area (Å²) in [6.07, 6.45) is 12.5. The molecule has 0 amide bonds. The minimum Gasteiger partial charge on any atom is -0.493 e. The van der Waals surface area contributed by atoms with Crippen molar-refractivity contribution >= 4 is 38.5 Å². The lowest BCUT2D eigenvalue weighted by Crippen LogP contribution is -2.10. The highest BCUT2D eigenvalue weighted by Gasteiger charge is 2.22. The molecule has 1 aliphatic rings. The van der Waals surface area contributed by atoms with E-state index in [4.69, 9.17) is 14.8 Å². The largest absolute Gasteiger partial charge is 0.493 e. The van der Waals surface area contributed by atoms with Crippen LogP contribution in [0, 0.1) is 19.8 Å². The number of terminal acetylenes is 1. The second-order valence-electron chi connectivity index (χ2n) is 12.2. The Hall–Kier alpha value is -5.19. The molecule has 4 aromatic carbocycles. The van der Waals surface area contributed by atoms with Gasteiger partial charge in [-0.2, -0.15) is 5.10 Å². The summed E-state index contributed by atoms with van der Waals surface area (Å²) in [6, 6.07) is 21.0. The normalized spacial score (nSPS) is 12.2. The van der Waals surface area contributed by atoms with Crippen molar-refractivity contribution in [3.05, 3.63) is 89.7 Å². The zero-order valence-corrected chi connectivity index (χ0v) is 26.3. The van der Waals surface area contributed by atoms with Gasteiger partial charge in [-0.25, -0.2) is 0 Å². The number of benzene rings is 4. The first-order valence-corrected chi connectivity index (χ1v) is 14.8. The highest BCUT2D eigenvalue weighted by molar-refractivity contribution is 6.09. The lowest BCUT2D eigenvalue weighted by molar-refractivity contribution is -0.136. The summed E-state index contributed by atoms with van der Waals surface area (Å²) in [7, 11) is 1.94. The van der Waals surface area contributed by atoms with Crippen LogP contribution in [0.2, 0.25) is 0 Å². The highest BCUT2D eigenvalue weighted by atomic mass is 16.5. The number of carboxylic acid groups (broad SMARTS) is 1. The quantitative estimate of drug-likeness (QED) is 0.204. The predicted molar refractivity (Wildman–Crippen MR) is 182 cm³/mol. The van der Waals surface area contributed by atoms with Crippen LogP contribution in [-0.4, -0.2) is 43.2 Å². The van der Waals surface area contributed by atoms with Crippen LogP contribution in [0.5, 0.6) is 5.75 Å². The van der Waals surface area contributed by atoms with E-state index < -0.39 is 11.6 Å². The molecule has 2 aromatic heterocycles. The molecule has 0 bridgehead atoms. The molecule has 7 heteroatoms. The highest BCUT2D eigenvalue weighted by Crippen LogP contribution is 2.43. The smallest absolute Gasteiger partial charge is 0.307 e. The fourth-order valence-corrected chi connectivity index (χ4v) is 5.90. The number of aliphatic carboxylic acids is 1. The van der Waals surface area contributed by atoms with E-state index in [0.717, 1.165) is 78.1 Å². The van der Waals surface area contributed by atoms with Gasteiger partial charge < -0.3 is 14.9 Å².